The molecule has 0 spiro atoms. The highest BCUT2D eigenvalue weighted by molar-refractivity contribution is 7.15. The van der Waals surface area contributed by atoms with E-state index in [1.807, 2.05) is 6.92 Å². The molecule has 1 saturated heterocycles. The number of primary amides is 1. The molecule has 7 heteroatoms. The number of likely N-dealkylation sites (tertiary alicyclic amines) is 1. The van der Waals surface area contributed by atoms with Gasteiger partial charge >= 0.3 is 0 Å². The van der Waals surface area contributed by atoms with E-state index in [0.717, 1.165) is 49.2 Å². The van der Waals surface area contributed by atoms with Crippen LogP contribution in [0.5, 0.6) is 0 Å². The summed E-state index contributed by atoms with van der Waals surface area (Å²) in [6.45, 7) is 5.38. The fourth-order valence-corrected chi connectivity index (χ4v) is 3.01. The Labute approximate surface area is 111 Å². The Morgan fingerprint density at radius 2 is 2.44 bits per heavy atom. The van der Waals surface area contributed by atoms with Crippen molar-refractivity contribution >= 4 is 22.4 Å². The molecule has 0 saturated carbocycles. The van der Waals surface area contributed by atoms with E-state index in [1.54, 1.807) is 11.3 Å². The summed E-state index contributed by atoms with van der Waals surface area (Å²) in [5.41, 5.74) is 5.37. The minimum atomic E-state index is -0.190. The Morgan fingerprint density at radius 1 is 1.61 bits per heavy atom. The minimum absolute atomic E-state index is 0.0140. The molecule has 0 aliphatic carbocycles. The highest BCUT2D eigenvalue weighted by Gasteiger charge is 2.24. The van der Waals surface area contributed by atoms with Gasteiger partial charge in [-0.05, 0) is 26.3 Å². The summed E-state index contributed by atoms with van der Waals surface area (Å²) in [7, 11) is 0. The monoisotopic (exact) mass is 269 g/mol. The van der Waals surface area contributed by atoms with Gasteiger partial charge in [-0.3, -0.25) is 9.69 Å². The van der Waals surface area contributed by atoms with Crippen LogP contribution in [0, 0.1) is 5.92 Å². The van der Waals surface area contributed by atoms with Crippen molar-refractivity contribution in [3.05, 3.63) is 5.01 Å². The predicted molar refractivity (Wildman–Crippen MR) is 71.3 cm³/mol. The lowest BCUT2D eigenvalue weighted by Gasteiger charge is -2.30. The molecule has 3 N–H and O–H groups in total. The first-order valence-electron chi connectivity index (χ1n) is 6.27. The van der Waals surface area contributed by atoms with Crippen molar-refractivity contribution in [3.63, 3.8) is 0 Å². The molecule has 1 amide bonds. The number of carbonyl (C=O) groups excluding carboxylic acids is 1. The molecule has 100 valence electrons. The number of aromatic nitrogens is 2. The summed E-state index contributed by atoms with van der Waals surface area (Å²) in [4.78, 5) is 13.4. The first-order chi connectivity index (χ1) is 8.69. The molecule has 1 aliphatic rings. The fraction of sp³-hybridized carbons (Fsp3) is 0.727. The number of nitrogens with one attached hydrogen (secondary N) is 1. The zero-order chi connectivity index (χ0) is 13.0. The normalized spacial score (nSPS) is 20.8. The van der Waals surface area contributed by atoms with Gasteiger partial charge in [-0.25, -0.2) is 0 Å². The van der Waals surface area contributed by atoms with Crippen LogP contribution in [0.15, 0.2) is 0 Å². The van der Waals surface area contributed by atoms with Gasteiger partial charge in [0.05, 0.1) is 12.5 Å². The highest BCUT2D eigenvalue weighted by Crippen LogP contribution is 2.21. The second-order valence-electron chi connectivity index (χ2n) is 4.51. The van der Waals surface area contributed by atoms with Gasteiger partial charge in [-0.2, -0.15) is 0 Å². The number of amides is 1. The van der Waals surface area contributed by atoms with Gasteiger partial charge in [-0.15, -0.1) is 10.2 Å². The van der Waals surface area contributed by atoms with Crippen LogP contribution in [0.3, 0.4) is 0 Å². The maximum Gasteiger partial charge on any atom is 0.221 e. The van der Waals surface area contributed by atoms with Crippen LogP contribution in [0.25, 0.3) is 0 Å². The Kier molecular flexibility index (Phi) is 4.48. The maximum atomic E-state index is 11.2. The lowest BCUT2D eigenvalue weighted by atomic mass is 9.98. The van der Waals surface area contributed by atoms with Gasteiger partial charge in [0, 0.05) is 13.1 Å². The van der Waals surface area contributed by atoms with Gasteiger partial charge in [0.1, 0.15) is 5.01 Å². The topological polar surface area (TPSA) is 84.1 Å². The predicted octanol–water partition coefficient (Wildman–Crippen LogP) is 0.667. The number of piperidine rings is 1. The molecule has 1 unspecified atom stereocenters. The molecule has 2 rings (SSSR count). The van der Waals surface area contributed by atoms with Crippen molar-refractivity contribution in [1.82, 2.24) is 15.1 Å². The summed E-state index contributed by atoms with van der Waals surface area (Å²) in [6, 6.07) is 0. The van der Waals surface area contributed by atoms with Crippen LogP contribution < -0.4 is 11.1 Å². The fourth-order valence-electron chi connectivity index (χ4n) is 2.16. The highest BCUT2D eigenvalue weighted by atomic mass is 32.1. The Hall–Kier alpha value is -1.21. The van der Waals surface area contributed by atoms with E-state index in [1.165, 1.54) is 0 Å². The quantitative estimate of drug-likeness (QED) is 0.820. The van der Waals surface area contributed by atoms with Gasteiger partial charge in [0.2, 0.25) is 11.0 Å². The molecule has 18 heavy (non-hydrogen) atoms. The molecule has 1 atom stereocenters. The smallest absolute Gasteiger partial charge is 0.221 e. The zero-order valence-electron chi connectivity index (χ0n) is 10.6. The summed E-state index contributed by atoms with van der Waals surface area (Å²) in [6.07, 6.45) is 1.93. The Morgan fingerprint density at radius 3 is 3.17 bits per heavy atom. The van der Waals surface area contributed by atoms with Crippen LogP contribution in [0.2, 0.25) is 0 Å². The van der Waals surface area contributed by atoms with Crippen molar-refractivity contribution in [2.45, 2.75) is 26.3 Å². The number of hydrogen-bond donors (Lipinski definition) is 2. The van der Waals surface area contributed by atoms with E-state index in [4.69, 9.17) is 5.73 Å². The zero-order valence-corrected chi connectivity index (χ0v) is 11.4. The van der Waals surface area contributed by atoms with Crippen LogP contribution in [0.4, 0.5) is 5.13 Å². The molecular weight excluding hydrogens is 250 g/mol. The summed E-state index contributed by atoms with van der Waals surface area (Å²) in [5, 5.41) is 13.2. The van der Waals surface area contributed by atoms with E-state index < -0.39 is 0 Å². The van der Waals surface area contributed by atoms with Crippen LogP contribution >= 0.6 is 11.3 Å². The van der Waals surface area contributed by atoms with Gasteiger partial charge in [-0.1, -0.05) is 11.3 Å². The van der Waals surface area contributed by atoms with Gasteiger partial charge in [0.25, 0.3) is 0 Å². The number of anilines is 1. The average molecular weight is 269 g/mol. The number of hydrogen-bond acceptors (Lipinski definition) is 6. The lowest BCUT2D eigenvalue weighted by molar-refractivity contribution is -0.123. The molecule has 1 aromatic heterocycles. The third-order valence-corrected chi connectivity index (χ3v) is 3.93. The summed E-state index contributed by atoms with van der Waals surface area (Å²) >= 11 is 1.57. The molecule has 1 aromatic rings. The van der Waals surface area contributed by atoms with Gasteiger partial charge < -0.3 is 11.1 Å². The third-order valence-electron chi connectivity index (χ3n) is 3.06. The van der Waals surface area contributed by atoms with E-state index in [0.29, 0.717) is 0 Å². The number of nitrogens with zero attached hydrogens (tertiary/aromatic N) is 3. The summed E-state index contributed by atoms with van der Waals surface area (Å²) in [5.74, 6) is -0.204. The van der Waals surface area contributed by atoms with Crippen molar-refractivity contribution in [1.29, 1.82) is 0 Å². The SMILES string of the molecule is CCNc1nnc(CN2CCCC(C(N)=O)C2)s1. The van der Waals surface area contributed by atoms with Crippen molar-refractivity contribution in [3.8, 4) is 0 Å². The number of nitrogens with two attached hydrogens (primary N) is 1. The Bertz CT molecular complexity index is 408. The molecule has 0 aromatic carbocycles. The van der Waals surface area contributed by atoms with Crippen LogP contribution in [0.1, 0.15) is 24.8 Å². The molecule has 1 fully saturated rings. The van der Waals surface area contributed by atoms with Gasteiger partial charge in [0.15, 0.2) is 0 Å². The molecular formula is C11H19N5OS. The standard InChI is InChI=1S/C11H19N5OS/c1-2-13-11-15-14-9(18-11)7-16-5-3-4-8(6-16)10(12)17/h8H,2-7H2,1H3,(H2,12,17)(H,13,15). The van der Waals surface area contributed by atoms with E-state index in [2.05, 4.69) is 20.4 Å². The number of rotatable bonds is 5. The maximum absolute atomic E-state index is 11.2. The second kappa shape index (κ2) is 6.10. The molecule has 0 bridgehead atoms. The lowest BCUT2D eigenvalue weighted by Crippen LogP contribution is -2.40. The number of carbonyl (C=O) groups is 1. The van der Waals surface area contributed by atoms with E-state index in [-0.39, 0.29) is 11.8 Å². The molecule has 6 nitrogen and oxygen atoms in total. The second-order valence-corrected chi connectivity index (χ2v) is 5.57. The molecule has 1 aliphatic heterocycles. The van der Waals surface area contributed by atoms with Crippen molar-refractivity contribution in [2.75, 3.05) is 25.0 Å². The average Bonchev–Trinajstić information content (AvgIpc) is 2.77. The van der Waals surface area contributed by atoms with Crippen LogP contribution in [-0.2, 0) is 11.3 Å². The largest absolute Gasteiger partial charge is 0.369 e. The summed E-state index contributed by atoms with van der Waals surface area (Å²) < 4.78 is 0. The third kappa shape index (κ3) is 3.39. The van der Waals surface area contributed by atoms with Crippen molar-refractivity contribution in [2.24, 2.45) is 11.7 Å². The first-order valence-corrected chi connectivity index (χ1v) is 7.08. The van der Waals surface area contributed by atoms with Crippen LogP contribution in [-0.4, -0.2) is 40.6 Å². The van der Waals surface area contributed by atoms with E-state index >= 15 is 0 Å². The minimum Gasteiger partial charge on any atom is -0.369 e. The Balaban J connectivity index is 1.89. The molecule has 2 heterocycles. The van der Waals surface area contributed by atoms with Crippen molar-refractivity contribution < 1.29 is 4.79 Å². The van der Waals surface area contributed by atoms with E-state index in [9.17, 15) is 4.79 Å². The first kappa shape index (κ1) is 13.2. The molecule has 0 radical (unpaired) electrons.